The molecule has 2 heteroatoms. The molecule has 0 radical (unpaired) electrons. The summed E-state index contributed by atoms with van der Waals surface area (Å²) in [5.41, 5.74) is 9.23. The van der Waals surface area contributed by atoms with Crippen molar-refractivity contribution in [1.29, 1.82) is 0 Å². The molecule has 0 aromatic heterocycles. The van der Waals surface area contributed by atoms with E-state index in [0.717, 1.165) is 29.5 Å². The highest BCUT2D eigenvalue weighted by atomic mass is 19.1. The molecule has 0 heterocycles. The van der Waals surface area contributed by atoms with Crippen molar-refractivity contribution in [2.24, 2.45) is 5.73 Å². The van der Waals surface area contributed by atoms with Gasteiger partial charge in [-0.25, -0.2) is 4.39 Å². The first-order chi connectivity index (χ1) is 7.56. The third kappa shape index (κ3) is 3.31. The van der Waals surface area contributed by atoms with Crippen LogP contribution in [0.5, 0.6) is 0 Å². The summed E-state index contributed by atoms with van der Waals surface area (Å²) in [6.07, 6.45) is 4.55. The van der Waals surface area contributed by atoms with Crippen LogP contribution in [0.4, 0.5) is 4.39 Å². The van der Waals surface area contributed by atoms with Crippen molar-refractivity contribution in [3.05, 3.63) is 34.6 Å². The van der Waals surface area contributed by atoms with E-state index in [1.165, 1.54) is 12.8 Å². The van der Waals surface area contributed by atoms with Crippen LogP contribution in [0.3, 0.4) is 0 Å². The highest BCUT2D eigenvalue weighted by Crippen LogP contribution is 2.25. The summed E-state index contributed by atoms with van der Waals surface area (Å²) in [5, 5.41) is 0. The second-order valence-corrected chi connectivity index (χ2v) is 4.56. The minimum absolute atomic E-state index is 0.0483. The van der Waals surface area contributed by atoms with Gasteiger partial charge in [-0.05, 0) is 49.1 Å². The number of nitrogens with two attached hydrogens (primary N) is 1. The normalized spacial score (nSPS) is 12.8. The van der Waals surface area contributed by atoms with Crippen LogP contribution < -0.4 is 5.73 Å². The van der Waals surface area contributed by atoms with E-state index in [1.54, 1.807) is 12.1 Å². The maximum Gasteiger partial charge on any atom is 0.123 e. The molecule has 90 valence electrons. The topological polar surface area (TPSA) is 26.0 Å². The molecule has 0 amide bonds. The fourth-order valence-corrected chi connectivity index (χ4v) is 2.27. The molecule has 0 aliphatic heterocycles. The first-order valence-electron chi connectivity index (χ1n) is 6.08. The molecular weight excluding hydrogens is 201 g/mol. The number of rotatable bonds is 5. The SMILES string of the molecule is CCCCCC(N)c1c(C)cc(F)cc1C. The molecule has 0 saturated heterocycles. The fraction of sp³-hybridized carbons (Fsp3) is 0.571. The molecule has 0 bridgehead atoms. The van der Waals surface area contributed by atoms with Crippen molar-refractivity contribution in [2.75, 3.05) is 0 Å². The zero-order valence-electron chi connectivity index (χ0n) is 10.5. The molecule has 1 nitrogen and oxygen atoms in total. The number of benzene rings is 1. The number of aryl methyl sites for hydroxylation is 2. The lowest BCUT2D eigenvalue weighted by molar-refractivity contribution is 0.573. The predicted molar refractivity (Wildman–Crippen MR) is 66.9 cm³/mol. The Labute approximate surface area is 97.9 Å². The zero-order chi connectivity index (χ0) is 12.1. The van der Waals surface area contributed by atoms with E-state index < -0.39 is 0 Å². The molecule has 0 saturated carbocycles. The van der Waals surface area contributed by atoms with Gasteiger partial charge in [-0.15, -0.1) is 0 Å². The highest BCUT2D eigenvalue weighted by Gasteiger charge is 2.12. The molecule has 0 aliphatic carbocycles. The van der Waals surface area contributed by atoms with E-state index in [1.807, 2.05) is 13.8 Å². The lowest BCUT2D eigenvalue weighted by atomic mass is 9.93. The predicted octanol–water partition coefficient (Wildman–Crippen LogP) is 4.02. The van der Waals surface area contributed by atoms with Gasteiger partial charge >= 0.3 is 0 Å². The second-order valence-electron chi connectivity index (χ2n) is 4.56. The Morgan fingerprint density at radius 1 is 1.19 bits per heavy atom. The molecule has 1 aromatic carbocycles. The molecule has 16 heavy (non-hydrogen) atoms. The van der Waals surface area contributed by atoms with Crippen LogP contribution in [0.1, 0.15) is 55.3 Å². The Morgan fingerprint density at radius 2 is 1.75 bits per heavy atom. The Balaban J connectivity index is 2.78. The van der Waals surface area contributed by atoms with Gasteiger partial charge in [-0.3, -0.25) is 0 Å². The molecule has 1 atom stereocenters. The number of unbranched alkanes of at least 4 members (excludes halogenated alkanes) is 2. The summed E-state index contributed by atoms with van der Waals surface area (Å²) in [6, 6.07) is 3.19. The number of hydrogen-bond donors (Lipinski definition) is 1. The molecular formula is C14H22FN. The summed E-state index contributed by atoms with van der Waals surface area (Å²) in [4.78, 5) is 0. The fourth-order valence-electron chi connectivity index (χ4n) is 2.27. The van der Waals surface area contributed by atoms with E-state index >= 15 is 0 Å². The van der Waals surface area contributed by atoms with Gasteiger partial charge in [0, 0.05) is 6.04 Å². The average Bonchev–Trinajstić information content (AvgIpc) is 2.16. The Hall–Kier alpha value is -0.890. The van der Waals surface area contributed by atoms with Crippen molar-refractivity contribution >= 4 is 0 Å². The van der Waals surface area contributed by atoms with Gasteiger partial charge in [0.05, 0.1) is 0 Å². The maximum atomic E-state index is 13.1. The van der Waals surface area contributed by atoms with E-state index in [2.05, 4.69) is 6.92 Å². The molecule has 0 fully saturated rings. The number of halogens is 1. The van der Waals surface area contributed by atoms with Crippen LogP contribution in [-0.4, -0.2) is 0 Å². The minimum Gasteiger partial charge on any atom is -0.324 e. The summed E-state index contributed by atoms with van der Waals surface area (Å²) < 4.78 is 13.1. The first-order valence-corrected chi connectivity index (χ1v) is 6.08. The molecule has 1 aromatic rings. The van der Waals surface area contributed by atoms with E-state index in [9.17, 15) is 4.39 Å². The standard InChI is InChI=1S/C14H22FN/c1-4-5-6-7-13(16)14-10(2)8-12(15)9-11(14)3/h8-9,13H,4-7,16H2,1-3H3. The van der Waals surface area contributed by atoms with Gasteiger partial charge in [0.15, 0.2) is 0 Å². The van der Waals surface area contributed by atoms with Gasteiger partial charge in [-0.2, -0.15) is 0 Å². The van der Waals surface area contributed by atoms with Gasteiger partial charge in [0.2, 0.25) is 0 Å². The van der Waals surface area contributed by atoms with E-state index in [-0.39, 0.29) is 11.9 Å². The molecule has 1 rings (SSSR count). The highest BCUT2D eigenvalue weighted by molar-refractivity contribution is 5.36. The Morgan fingerprint density at radius 3 is 2.25 bits per heavy atom. The molecule has 1 unspecified atom stereocenters. The summed E-state index contributed by atoms with van der Waals surface area (Å²) in [6.45, 7) is 6.05. The van der Waals surface area contributed by atoms with Gasteiger partial charge in [0.1, 0.15) is 5.82 Å². The summed E-state index contributed by atoms with van der Waals surface area (Å²) >= 11 is 0. The van der Waals surface area contributed by atoms with Crippen molar-refractivity contribution in [3.63, 3.8) is 0 Å². The Kier molecular flexibility index (Phi) is 4.94. The largest absolute Gasteiger partial charge is 0.324 e. The van der Waals surface area contributed by atoms with Crippen molar-refractivity contribution in [1.82, 2.24) is 0 Å². The van der Waals surface area contributed by atoms with E-state index in [0.29, 0.717) is 0 Å². The molecule has 0 spiro atoms. The molecule has 0 aliphatic rings. The van der Waals surface area contributed by atoms with Crippen molar-refractivity contribution in [2.45, 2.75) is 52.5 Å². The first kappa shape index (κ1) is 13.2. The monoisotopic (exact) mass is 223 g/mol. The lowest BCUT2D eigenvalue weighted by Crippen LogP contribution is -2.13. The number of hydrogen-bond acceptors (Lipinski definition) is 1. The zero-order valence-corrected chi connectivity index (χ0v) is 10.5. The summed E-state index contributed by atoms with van der Waals surface area (Å²) in [7, 11) is 0. The van der Waals surface area contributed by atoms with Crippen LogP contribution >= 0.6 is 0 Å². The minimum atomic E-state index is -0.167. The van der Waals surface area contributed by atoms with Crippen molar-refractivity contribution < 1.29 is 4.39 Å². The quantitative estimate of drug-likeness (QED) is 0.749. The third-order valence-electron chi connectivity index (χ3n) is 3.05. The van der Waals surface area contributed by atoms with Crippen LogP contribution in [-0.2, 0) is 0 Å². The second kappa shape index (κ2) is 6.00. The summed E-state index contributed by atoms with van der Waals surface area (Å²) in [5.74, 6) is -0.167. The van der Waals surface area contributed by atoms with Crippen LogP contribution in [0, 0.1) is 19.7 Å². The smallest absolute Gasteiger partial charge is 0.123 e. The van der Waals surface area contributed by atoms with E-state index in [4.69, 9.17) is 5.73 Å². The third-order valence-corrected chi connectivity index (χ3v) is 3.05. The van der Waals surface area contributed by atoms with Crippen molar-refractivity contribution in [3.8, 4) is 0 Å². The van der Waals surface area contributed by atoms with Crippen LogP contribution in [0.25, 0.3) is 0 Å². The Bertz CT molecular complexity index is 324. The van der Waals surface area contributed by atoms with Gasteiger partial charge in [0.25, 0.3) is 0 Å². The van der Waals surface area contributed by atoms with Gasteiger partial charge in [-0.1, -0.05) is 26.2 Å². The van der Waals surface area contributed by atoms with Crippen LogP contribution in [0.2, 0.25) is 0 Å². The van der Waals surface area contributed by atoms with Gasteiger partial charge < -0.3 is 5.73 Å². The van der Waals surface area contributed by atoms with Crippen LogP contribution in [0.15, 0.2) is 12.1 Å². The molecule has 2 N–H and O–H groups in total. The average molecular weight is 223 g/mol. The maximum absolute atomic E-state index is 13.1. The lowest BCUT2D eigenvalue weighted by Gasteiger charge is -2.17.